The van der Waals surface area contributed by atoms with Crippen LogP contribution in [0, 0.1) is 0 Å². The Hall–Kier alpha value is -1.93. The average molecular weight is 427 g/mol. The van der Waals surface area contributed by atoms with Crippen LogP contribution in [0.5, 0.6) is 0 Å². The number of piperazine rings is 1. The number of nitrogens with zero attached hydrogens (tertiary/aromatic N) is 2. The Bertz CT molecular complexity index is 962. The standard InChI is InChI=1S/C18H16Cl2N2O4S/c19-14-6-7-15(20)16(10-14)27(25,26)21-11-17(23)22(18(24)12-21)9-8-13-4-2-1-3-5-13/h1-7,10H,8-9,11-12H2. The first-order valence-electron chi connectivity index (χ1n) is 8.11. The summed E-state index contributed by atoms with van der Waals surface area (Å²) in [5.41, 5.74) is 0.985. The molecule has 2 aromatic carbocycles. The summed E-state index contributed by atoms with van der Waals surface area (Å²) in [5.74, 6) is -1.13. The molecule has 0 unspecified atom stereocenters. The topological polar surface area (TPSA) is 74.8 Å². The van der Waals surface area contributed by atoms with Crippen LogP contribution in [0.25, 0.3) is 0 Å². The molecule has 142 valence electrons. The summed E-state index contributed by atoms with van der Waals surface area (Å²) >= 11 is 11.8. The Morgan fingerprint density at radius 2 is 1.56 bits per heavy atom. The molecule has 0 N–H and O–H groups in total. The maximum atomic E-state index is 12.8. The van der Waals surface area contributed by atoms with E-state index in [-0.39, 0.29) is 21.5 Å². The zero-order chi connectivity index (χ0) is 19.6. The number of benzene rings is 2. The minimum atomic E-state index is -4.12. The van der Waals surface area contributed by atoms with Gasteiger partial charge in [0.25, 0.3) is 0 Å². The molecule has 0 aliphatic carbocycles. The fraction of sp³-hybridized carbons (Fsp3) is 0.222. The van der Waals surface area contributed by atoms with Crippen LogP contribution in [-0.4, -0.2) is 49.1 Å². The highest BCUT2D eigenvalue weighted by Gasteiger charge is 2.38. The van der Waals surface area contributed by atoms with E-state index < -0.39 is 34.9 Å². The number of carbonyl (C=O) groups excluding carboxylic acids is 2. The average Bonchev–Trinajstić information content (AvgIpc) is 2.63. The number of sulfonamides is 1. The molecule has 1 fully saturated rings. The summed E-state index contributed by atoms with van der Waals surface area (Å²) < 4.78 is 26.4. The predicted octanol–water partition coefficient (Wildman–Crippen LogP) is 2.60. The smallest absolute Gasteiger partial charge is 0.245 e. The number of halogens is 2. The van der Waals surface area contributed by atoms with Gasteiger partial charge in [0.05, 0.1) is 18.1 Å². The molecule has 0 radical (unpaired) electrons. The van der Waals surface area contributed by atoms with E-state index in [1.54, 1.807) is 0 Å². The summed E-state index contributed by atoms with van der Waals surface area (Å²) in [4.78, 5) is 25.7. The van der Waals surface area contributed by atoms with Gasteiger partial charge >= 0.3 is 0 Å². The minimum absolute atomic E-state index is 0.0224. The van der Waals surface area contributed by atoms with Crippen LogP contribution in [0.2, 0.25) is 10.0 Å². The Labute approximate surface area is 167 Å². The number of amides is 2. The zero-order valence-corrected chi connectivity index (χ0v) is 16.5. The number of rotatable bonds is 5. The summed E-state index contributed by atoms with van der Waals surface area (Å²) in [6.45, 7) is -0.648. The van der Waals surface area contributed by atoms with Gasteiger partial charge in [-0.25, -0.2) is 8.42 Å². The van der Waals surface area contributed by atoms with Gasteiger partial charge in [-0.1, -0.05) is 53.5 Å². The van der Waals surface area contributed by atoms with Crippen molar-refractivity contribution in [2.45, 2.75) is 11.3 Å². The third-order valence-corrected chi connectivity index (χ3v) is 6.71. The number of imide groups is 1. The molecule has 3 rings (SSSR count). The molecule has 0 atom stereocenters. The quantitative estimate of drug-likeness (QED) is 0.688. The van der Waals surface area contributed by atoms with E-state index in [0.717, 1.165) is 14.8 Å². The first-order chi connectivity index (χ1) is 12.8. The first kappa shape index (κ1) is 19.8. The lowest BCUT2D eigenvalue weighted by Gasteiger charge is -2.32. The van der Waals surface area contributed by atoms with E-state index >= 15 is 0 Å². The van der Waals surface area contributed by atoms with E-state index in [1.165, 1.54) is 18.2 Å². The van der Waals surface area contributed by atoms with Gasteiger partial charge in [0.2, 0.25) is 21.8 Å². The van der Waals surface area contributed by atoms with Crippen LogP contribution < -0.4 is 0 Å². The molecule has 0 aromatic heterocycles. The van der Waals surface area contributed by atoms with E-state index in [4.69, 9.17) is 23.2 Å². The van der Waals surface area contributed by atoms with Gasteiger partial charge in [0, 0.05) is 11.6 Å². The molecule has 27 heavy (non-hydrogen) atoms. The van der Waals surface area contributed by atoms with Crippen molar-refractivity contribution >= 4 is 45.0 Å². The summed E-state index contributed by atoms with van der Waals surface area (Å²) in [7, 11) is -4.12. The fourth-order valence-corrected chi connectivity index (χ4v) is 4.86. The van der Waals surface area contributed by atoms with Gasteiger partial charge in [-0.05, 0) is 30.2 Å². The maximum Gasteiger partial charge on any atom is 0.245 e. The summed E-state index contributed by atoms with van der Waals surface area (Å²) in [6.07, 6.45) is 0.505. The van der Waals surface area contributed by atoms with E-state index in [0.29, 0.717) is 6.42 Å². The van der Waals surface area contributed by atoms with Gasteiger partial charge in [-0.3, -0.25) is 14.5 Å². The molecule has 1 aliphatic heterocycles. The third kappa shape index (κ3) is 4.32. The van der Waals surface area contributed by atoms with Crippen LogP contribution in [0.1, 0.15) is 5.56 Å². The van der Waals surface area contributed by atoms with Crippen molar-refractivity contribution in [3.63, 3.8) is 0 Å². The second-order valence-electron chi connectivity index (χ2n) is 6.02. The largest absolute Gasteiger partial charge is 0.280 e. The number of carbonyl (C=O) groups is 2. The summed E-state index contributed by atoms with van der Waals surface area (Å²) in [5, 5.41) is 0.169. The lowest BCUT2D eigenvalue weighted by Crippen LogP contribution is -2.55. The van der Waals surface area contributed by atoms with Gasteiger partial charge in [-0.15, -0.1) is 0 Å². The highest BCUT2D eigenvalue weighted by molar-refractivity contribution is 7.89. The SMILES string of the molecule is O=C1CN(S(=O)(=O)c2cc(Cl)ccc2Cl)CC(=O)N1CCc1ccccc1. The minimum Gasteiger partial charge on any atom is -0.280 e. The second-order valence-corrected chi connectivity index (χ2v) is 8.77. The number of hydrogen-bond donors (Lipinski definition) is 0. The molecule has 1 saturated heterocycles. The van der Waals surface area contributed by atoms with Crippen molar-refractivity contribution < 1.29 is 18.0 Å². The maximum absolute atomic E-state index is 12.8. The molecule has 6 nitrogen and oxygen atoms in total. The lowest BCUT2D eigenvalue weighted by atomic mass is 10.1. The molecule has 0 spiro atoms. The molecule has 1 heterocycles. The van der Waals surface area contributed by atoms with Crippen molar-refractivity contribution in [3.8, 4) is 0 Å². The monoisotopic (exact) mass is 426 g/mol. The van der Waals surface area contributed by atoms with Gasteiger partial charge in [0.1, 0.15) is 4.90 Å². The van der Waals surface area contributed by atoms with Gasteiger partial charge < -0.3 is 0 Å². The zero-order valence-electron chi connectivity index (χ0n) is 14.1. The van der Waals surface area contributed by atoms with Crippen LogP contribution in [-0.2, 0) is 26.0 Å². The highest BCUT2D eigenvalue weighted by atomic mass is 35.5. The lowest BCUT2D eigenvalue weighted by molar-refractivity contribution is -0.149. The van der Waals surface area contributed by atoms with E-state index in [1.807, 2.05) is 30.3 Å². The van der Waals surface area contributed by atoms with Crippen molar-refractivity contribution in [2.75, 3.05) is 19.6 Å². The molecule has 2 aromatic rings. The van der Waals surface area contributed by atoms with Crippen LogP contribution in [0.15, 0.2) is 53.4 Å². The predicted molar refractivity (Wildman–Crippen MR) is 102 cm³/mol. The Morgan fingerprint density at radius 1 is 0.926 bits per heavy atom. The van der Waals surface area contributed by atoms with Crippen molar-refractivity contribution in [1.29, 1.82) is 0 Å². The molecular formula is C18H16Cl2N2O4S. The molecule has 9 heteroatoms. The van der Waals surface area contributed by atoms with E-state index in [9.17, 15) is 18.0 Å². The normalized spacial score (nSPS) is 16.0. The second kappa shape index (κ2) is 7.98. The molecule has 1 aliphatic rings. The molecular weight excluding hydrogens is 411 g/mol. The van der Waals surface area contributed by atoms with Crippen LogP contribution in [0.4, 0.5) is 0 Å². The molecule has 2 amide bonds. The van der Waals surface area contributed by atoms with Crippen LogP contribution in [0.3, 0.4) is 0 Å². The van der Waals surface area contributed by atoms with Crippen molar-refractivity contribution in [2.24, 2.45) is 0 Å². The first-order valence-corrected chi connectivity index (χ1v) is 10.3. The van der Waals surface area contributed by atoms with Gasteiger partial charge in [0.15, 0.2) is 0 Å². The van der Waals surface area contributed by atoms with E-state index in [2.05, 4.69) is 0 Å². The molecule has 0 bridgehead atoms. The van der Waals surface area contributed by atoms with Crippen molar-refractivity contribution in [3.05, 3.63) is 64.1 Å². The Morgan fingerprint density at radius 3 is 2.19 bits per heavy atom. The Balaban J connectivity index is 1.75. The van der Waals surface area contributed by atoms with Crippen molar-refractivity contribution in [1.82, 2.24) is 9.21 Å². The van der Waals surface area contributed by atoms with Gasteiger partial charge in [-0.2, -0.15) is 4.31 Å². The molecule has 0 saturated carbocycles. The fourth-order valence-electron chi connectivity index (χ4n) is 2.79. The highest BCUT2D eigenvalue weighted by Crippen LogP contribution is 2.28. The summed E-state index contributed by atoms with van der Waals surface area (Å²) in [6, 6.07) is 13.4. The van der Waals surface area contributed by atoms with Crippen LogP contribution >= 0.6 is 23.2 Å². The number of hydrogen-bond acceptors (Lipinski definition) is 4. The third-order valence-electron chi connectivity index (χ3n) is 4.20. The Kier molecular flexibility index (Phi) is 5.86.